The Hall–Kier alpha value is -3.10. The lowest BCUT2D eigenvalue weighted by Crippen LogP contribution is -2.59. The van der Waals surface area contributed by atoms with Gasteiger partial charge >= 0.3 is 0 Å². The minimum Gasteiger partial charge on any atom is -0.394 e. The summed E-state index contributed by atoms with van der Waals surface area (Å²) in [6.45, 7) is 10.5. The summed E-state index contributed by atoms with van der Waals surface area (Å²) in [6, 6.07) is 6.81. The number of aliphatic hydroxyl groups is 2. The third-order valence-electron chi connectivity index (χ3n) is 11.3. The molecule has 13 heteroatoms. The van der Waals surface area contributed by atoms with E-state index in [1.807, 2.05) is 58.0 Å². The summed E-state index contributed by atoms with van der Waals surface area (Å²) in [5.41, 5.74) is 1.00. The van der Waals surface area contributed by atoms with Gasteiger partial charge in [-0.3, -0.25) is 24.1 Å². The van der Waals surface area contributed by atoms with E-state index in [-0.39, 0.29) is 54.5 Å². The van der Waals surface area contributed by atoms with Crippen molar-refractivity contribution in [3.05, 3.63) is 35.9 Å². The average molecular weight is 732 g/mol. The molecule has 1 aromatic carbocycles. The van der Waals surface area contributed by atoms with Crippen LogP contribution in [-0.4, -0.2) is 145 Å². The molecule has 0 aliphatic carbocycles. The topological polar surface area (TPSA) is 161 Å². The fraction of sp³-hybridized carbons (Fsp3) is 0.744. The second-order valence-corrected chi connectivity index (χ2v) is 15.2. The summed E-state index contributed by atoms with van der Waals surface area (Å²) < 4.78 is 11.9. The van der Waals surface area contributed by atoms with Crippen molar-refractivity contribution in [2.24, 2.45) is 17.8 Å². The summed E-state index contributed by atoms with van der Waals surface area (Å²) in [4.78, 5) is 60.3. The van der Waals surface area contributed by atoms with Crippen LogP contribution < -0.4 is 10.6 Å². The average Bonchev–Trinajstić information content (AvgIpc) is 3.75. The molecule has 52 heavy (non-hydrogen) atoms. The molecule has 0 spiro atoms. The lowest BCUT2D eigenvalue weighted by molar-refractivity contribution is -0.148. The molecule has 4 amide bonds. The summed E-state index contributed by atoms with van der Waals surface area (Å²) in [7, 11) is 6.58. The molecule has 4 N–H and O–H groups in total. The number of carbonyl (C=O) groups is 4. The molecule has 13 nitrogen and oxygen atoms in total. The number of methoxy groups -OCH3 is 2. The number of likely N-dealkylation sites (N-methyl/N-ethyl adjacent to an activating group) is 2. The van der Waals surface area contributed by atoms with Gasteiger partial charge < -0.3 is 40.1 Å². The fourth-order valence-corrected chi connectivity index (χ4v) is 7.97. The monoisotopic (exact) mass is 731 g/mol. The molecule has 2 aliphatic rings. The van der Waals surface area contributed by atoms with Gasteiger partial charge in [0, 0.05) is 34.4 Å². The van der Waals surface area contributed by atoms with Crippen LogP contribution in [0.4, 0.5) is 0 Å². The maximum absolute atomic E-state index is 14.2. The Morgan fingerprint density at radius 3 is 2.21 bits per heavy atom. The van der Waals surface area contributed by atoms with Crippen LogP contribution in [0, 0.1) is 17.8 Å². The number of amides is 4. The van der Waals surface area contributed by atoms with Crippen LogP contribution in [-0.2, 0) is 35.1 Å². The summed E-state index contributed by atoms with van der Waals surface area (Å²) in [5.74, 6) is -1.95. The Morgan fingerprint density at radius 1 is 1.00 bits per heavy atom. The van der Waals surface area contributed by atoms with Crippen molar-refractivity contribution in [3.8, 4) is 0 Å². The number of benzene rings is 1. The molecule has 3 rings (SSSR count). The van der Waals surface area contributed by atoms with Gasteiger partial charge in [-0.25, -0.2) is 0 Å². The van der Waals surface area contributed by atoms with Crippen molar-refractivity contribution >= 4 is 23.6 Å². The van der Waals surface area contributed by atoms with Crippen LogP contribution in [0.5, 0.6) is 0 Å². The number of rotatable bonds is 19. The molecule has 2 unspecified atom stereocenters. The molecule has 2 aliphatic heterocycles. The standard InChI is InChI=1S/C39H65N5O8/c1-10-25(4)34(43(7)39(50)33(24(2)3)41-38(49)35-30(46)18-20-42(35)6)31(51-8)22-32(47)44-19-14-17-29(44)36(52-9)26(5)37(48)40-28(23-45)21-27-15-12-11-13-16-27/h11-13,15-16,24-26,28-31,33-36,45-46H,10,14,17-23H2,1-9H3,(H,40,48)(H,41,49)/t25-,26+,28-,29-,30?,31+,33-,34-,35?,36+/m0/s1. The van der Waals surface area contributed by atoms with Crippen LogP contribution in [0.2, 0.25) is 0 Å². The summed E-state index contributed by atoms with van der Waals surface area (Å²) in [6.07, 6.45) is 1.10. The number of nitrogens with one attached hydrogen (secondary N) is 2. The second-order valence-electron chi connectivity index (χ2n) is 15.2. The van der Waals surface area contributed by atoms with Crippen molar-refractivity contribution in [2.75, 3.05) is 48.0 Å². The maximum Gasteiger partial charge on any atom is 0.245 e. The third kappa shape index (κ3) is 10.7. The number of likely N-dealkylation sites (tertiary alicyclic amines) is 2. The van der Waals surface area contributed by atoms with E-state index in [1.54, 1.807) is 49.9 Å². The van der Waals surface area contributed by atoms with Crippen LogP contribution in [0.25, 0.3) is 0 Å². The number of hydrogen-bond acceptors (Lipinski definition) is 9. The molecule has 0 radical (unpaired) electrons. The molecule has 0 saturated carbocycles. The number of aliphatic hydroxyl groups excluding tert-OH is 2. The first kappa shape index (κ1) is 43.3. The van der Waals surface area contributed by atoms with Gasteiger partial charge in [0.1, 0.15) is 12.1 Å². The molecule has 2 fully saturated rings. The van der Waals surface area contributed by atoms with Gasteiger partial charge in [0.2, 0.25) is 23.6 Å². The number of carbonyl (C=O) groups excluding carboxylic acids is 4. The van der Waals surface area contributed by atoms with Gasteiger partial charge in [-0.2, -0.15) is 0 Å². The van der Waals surface area contributed by atoms with E-state index in [2.05, 4.69) is 10.6 Å². The molecule has 1 aromatic rings. The normalized spacial score (nSPS) is 23.4. The molecule has 2 saturated heterocycles. The Balaban J connectivity index is 1.74. The van der Waals surface area contributed by atoms with E-state index in [0.717, 1.165) is 18.4 Å². The lowest BCUT2D eigenvalue weighted by atomic mass is 9.89. The highest BCUT2D eigenvalue weighted by molar-refractivity contribution is 5.90. The van der Waals surface area contributed by atoms with Gasteiger partial charge in [0.15, 0.2) is 0 Å². The van der Waals surface area contributed by atoms with Crippen molar-refractivity contribution < 1.29 is 38.9 Å². The van der Waals surface area contributed by atoms with E-state index in [4.69, 9.17) is 9.47 Å². The minimum atomic E-state index is -0.838. The number of hydrogen-bond donors (Lipinski definition) is 4. The van der Waals surface area contributed by atoms with Crippen LogP contribution in [0.1, 0.15) is 72.3 Å². The molecule has 0 bridgehead atoms. The predicted octanol–water partition coefficient (Wildman–Crippen LogP) is 1.83. The van der Waals surface area contributed by atoms with E-state index in [0.29, 0.717) is 32.4 Å². The SMILES string of the molecule is CC[C@H](C)[C@@H]([C@@H](CC(=O)N1CCC[C@H]1[C@H](OC)[C@@H](C)C(=O)N[C@H](CO)Cc1ccccc1)OC)N(C)C(=O)[C@@H](NC(=O)C1C(O)CCN1C)C(C)C. The van der Waals surface area contributed by atoms with Crippen LogP contribution >= 0.6 is 0 Å². The zero-order chi connectivity index (χ0) is 38.7. The van der Waals surface area contributed by atoms with E-state index in [1.165, 1.54) is 0 Å². The Kier molecular flexibility index (Phi) is 17.0. The smallest absolute Gasteiger partial charge is 0.245 e. The molecular weight excluding hydrogens is 666 g/mol. The van der Waals surface area contributed by atoms with Crippen LogP contribution in [0.15, 0.2) is 30.3 Å². The first-order valence-electron chi connectivity index (χ1n) is 19.0. The van der Waals surface area contributed by atoms with Crippen molar-refractivity contribution in [1.29, 1.82) is 0 Å². The highest BCUT2D eigenvalue weighted by Gasteiger charge is 2.44. The zero-order valence-corrected chi connectivity index (χ0v) is 32.8. The van der Waals surface area contributed by atoms with Gasteiger partial charge in [0.25, 0.3) is 0 Å². The highest BCUT2D eigenvalue weighted by atomic mass is 16.5. The van der Waals surface area contributed by atoms with Crippen molar-refractivity contribution in [1.82, 2.24) is 25.3 Å². The largest absolute Gasteiger partial charge is 0.394 e. The van der Waals surface area contributed by atoms with Gasteiger partial charge in [-0.15, -0.1) is 0 Å². The summed E-state index contributed by atoms with van der Waals surface area (Å²) in [5, 5.41) is 26.3. The van der Waals surface area contributed by atoms with E-state index < -0.39 is 48.4 Å². The van der Waals surface area contributed by atoms with Gasteiger partial charge in [0.05, 0.1) is 55.4 Å². The molecule has 2 heterocycles. The Labute approximate surface area is 310 Å². The summed E-state index contributed by atoms with van der Waals surface area (Å²) >= 11 is 0. The number of nitrogens with zero attached hydrogens (tertiary/aromatic N) is 3. The highest BCUT2D eigenvalue weighted by Crippen LogP contribution is 2.30. The van der Waals surface area contributed by atoms with Crippen molar-refractivity contribution in [3.63, 3.8) is 0 Å². The molecule has 0 aromatic heterocycles. The zero-order valence-electron chi connectivity index (χ0n) is 32.8. The van der Waals surface area contributed by atoms with Crippen molar-refractivity contribution in [2.45, 2.75) is 122 Å². The third-order valence-corrected chi connectivity index (χ3v) is 11.3. The minimum absolute atomic E-state index is 0.0120. The maximum atomic E-state index is 14.2. The van der Waals surface area contributed by atoms with E-state index >= 15 is 0 Å². The predicted molar refractivity (Wildman–Crippen MR) is 199 cm³/mol. The van der Waals surface area contributed by atoms with Gasteiger partial charge in [-0.05, 0) is 50.1 Å². The first-order chi connectivity index (χ1) is 24.7. The first-order valence-corrected chi connectivity index (χ1v) is 19.0. The number of ether oxygens (including phenoxy) is 2. The Morgan fingerprint density at radius 2 is 1.67 bits per heavy atom. The van der Waals surface area contributed by atoms with Gasteiger partial charge in [-0.1, -0.05) is 71.4 Å². The quantitative estimate of drug-likeness (QED) is 0.167. The molecule has 10 atom stereocenters. The molecule has 294 valence electrons. The molecular formula is C39H65N5O8. The Bertz CT molecular complexity index is 1290. The lowest BCUT2D eigenvalue weighted by Gasteiger charge is -2.41. The van der Waals surface area contributed by atoms with E-state index in [9.17, 15) is 29.4 Å². The van der Waals surface area contributed by atoms with Crippen LogP contribution in [0.3, 0.4) is 0 Å². The second kappa shape index (κ2) is 20.4. The fourth-order valence-electron chi connectivity index (χ4n) is 7.97.